The lowest BCUT2D eigenvalue weighted by Crippen LogP contribution is -1.81. The van der Waals surface area contributed by atoms with E-state index < -0.39 is 0 Å². The lowest BCUT2D eigenvalue weighted by Gasteiger charge is -2.03. The fourth-order valence-electron chi connectivity index (χ4n) is 1.39. The zero-order valence-electron chi connectivity index (χ0n) is 9.63. The Bertz CT molecular complexity index is 457. The van der Waals surface area contributed by atoms with Crippen LogP contribution in [0.2, 0.25) is 0 Å². The van der Waals surface area contributed by atoms with Crippen molar-refractivity contribution in [3.05, 3.63) is 60.2 Å². The van der Waals surface area contributed by atoms with Gasteiger partial charge in [-0.3, -0.25) is 0 Å². The van der Waals surface area contributed by atoms with Crippen molar-refractivity contribution >= 4 is 21.6 Å². The summed E-state index contributed by atoms with van der Waals surface area (Å²) in [6.45, 7) is 0. The second-order valence-electron chi connectivity index (χ2n) is 3.51. The number of benzene rings is 2. The summed E-state index contributed by atoms with van der Waals surface area (Å²) in [4.78, 5) is 1.23. The van der Waals surface area contributed by atoms with Gasteiger partial charge in [0.25, 0.3) is 0 Å². The van der Waals surface area contributed by atoms with Crippen molar-refractivity contribution in [2.45, 2.75) is 10.6 Å². The lowest BCUT2D eigenvalue weighted by molar-refractivity contribution is 0.413. The summed E-state index contributed by atoms with van der Waals surface area (Å²) in [6, 6.07) is 18.6. The molecule has 0 aromatic heterocycles. The van der Waals surface area contributed by atoms with E-state index in [1.54, 1.807) is 17.9 Å². The van der Waals surface area contributed by atoms with E-state index in [4.69, 9.17) is 4.74 Å². The van der Waals surface area contributed by atoms with Crippen LogP contribution in [0.4, 0.5) is 0 Å². The summed E-state index contributed by atoms with van der Waals surface area (Å²) in [7, 11) is 5.32. The van der Waals surface area contributed by atoms with E-state index in [9.17, 15) is 0 Å². The average Bonchev–Trinajstić information content (AvgIpc) is 2.40. The first kappa shape index (κ1) is 12.4. The molecule has 0 radical (unpaired) electrons. The highest BCUT2D eigenvalue weighted by atomic mass is 33.1. The Kier molecular flexibility index (Phi) is 4.83. The molecular formula is C14H14OS2. The van der Waals surface area contributed by atoms with E-state index in [1.165, 1.54) is 10.5 Å². The van der Waals surface area contributed by atoms with Crippen LogP contribution in [0.1, 0.15) is 5.56 Å². The van der Waals surface area contributed by atoms with Crippen molar-refractivity contribution in [2.24, 2.45) is 0 Å². The first-order valence-electron chi connectivity index (χ1n) is 5.36. The van der Waals surface area contributed by atoms with Gasteiger partial charge >= 0.3 is 0 Å². The third-order valence-electron chi connectivity index (χ3n) is 2.26. The summed E-state index contributed by atoms with van der Waals surface area (Å²) in [5.41, 5.74) is 1.35. The molecule has 0 heterocycles. The van der Waals surface area contributed by atoms with Crippen LogP contribution in [0.15, 0.2) is 59.5 Å². The summed E-state index contributed by atoms with van der Waals surface area (Å²) in [5, 5.41) is 0. The van der Waals surface area contributed by atoms with E-state index in [-0.39, 0.29) is 0 Å². The summed E-state index contributed by atoms with van der Waals surface area (Å²) in [5.74, 6) is 1.93. The number of ether oxygens (including phenoxy) is 1. The predicted molar refractivity (Wildman–Crippen MR) is 76.6 cm³/mol. The molecule has 88 valence electrons. The van der Waals surface area contributed by atoms with Crippen LogP contribution in [0.25, 0.3) is 0 Å². The van der Waals surface area contributed by atoms with Gasteiger partial charge < -0.3 is 4.74 Å². The first-order valence-corrected chi connectivity index (χ1v) is 7.68. The summed E-state index contributed by atoms with van der Waals surface area (Å²) >= 11 is 0. The van der Waals surface area contributed by atoms with Gasteiger partial charge in [0, 0.05) is 10.6 Å². The molecule has 0 bridgehead atoms. The SMILES string of the molecule is COc1cccc(SSCc2ccccc2)c1. The first-order chi connectivity index (χ1) is 8.38. The number of hydrogen-bond acceptors (Lipinski definition) is 3. The lowest BCUT2D eigenvalue weighted by atomic mass is 10.2. The third-order valence-corrected chi connectivity index (χ3v) is 4.56. The van der Waals surface area contributed by atoms with Crippen LogP contribution in [-0.2, 0) is 5.75 Å². The summed E-state index contributed by atoms with van der Waals surface area (Å²) < 4.78 is 5.20. The molecule has 0 saturated heterocycles. The van der Waals surface area contributed by atoms with Crippen molar-refractivity contribution < 1.29 is 4.74 Å². The van der Waals surface area contributed by atoms with E-state index in [0.717, 1.165) is 11.5 Å². The number of hydrogen-bond donors (Lipinski definition) is 0. The van der Waals surface area contributed by atoms with Gasteiger partial charge in [-0.2, -0.15) is 0 Å². The largest absolute Gasteiger partial charge is 0.497 e. The van der Waals surface area contributed by atoms with Crippen molar-refractivity contribution in [1.29, 1.82) is 0 Å². The topological polar surface area (TPSA) is 9.23 Å². The molecule has 3 heteroatoms. The molecule has 0 aliphatic rings. The van der Waals surface area contributed by atoms with Gasteiger partial charge in [0.05, 0.1) is 7.11 Å². The van der Waals surface area contributed by atoms with Crippen molar-refractivity contribution in [3.63, 3.8) is 0 Å². The van der Waals surface area contributed by atoms with Crippen LogP contribution in [0.3, 0.4) is 0 Å². The van der Waals surface area contributed by atoms with Gasteiger partial charge in [-0.1, -0.05) is 58.0 Å². The maximum atomic E-state index is 5.20. The molecular weight excluding hydrogens is 248 g/mol. The van der Waals surface area contributed by atoms with Crippen LogP contribution in [0, 0.1) is 0 Å². The molecule has 0 unspecified atom stereocenters. The highest BCUT2D eigenvalue weighted by Crippen LogP contribution is 2.34. The summed E-state index contributed by atoms with van der Waals surface area (Å²) in [6.07, 6.45) is 0. The Balaban J connectivity index is 1.86. The van der Waals surface area contributed by atoms with Gasteiger partial charge in [0.1, 0.15) is 5.75 Å². The van der Waals surface area contributed by atoms with Gasteiger partial charge in [-0.15, -0.1) is 0 Å². The molecule has 2 rings (SSSR count). The minimum absolute atomic E-state index is 0.912. The van der Waals surface area contributed by atoms with E-state index >= 15 is 0 Å². The highest BCUT2D eigenvalue weighted by Gasteiger charge is 1.98. The molecule has 0 N–H and O–H groups in total. The molecule has 1 nitrogen and oxygen atoms in total. The van der Waals surface area contributed by atoms with E-state index in [1.807, 2.05) is 29.0 Å². The third kappa shape index (κ3) is 4.02. The maximum Gasteiger partial charge on any atom is 0.120 e. The normalized spacial score (nSPS) is 10.2. The molecule has 0 amide bonds. The van der Waals surface area contributed by atoms with Crippen LogP contribution >= 0.6 is 21.6 Å². The molecule has 17 heavy (non-hydrogen) atoms. The van der Waals surface area contributed by atoms with Crippen LogP contribution in [0.5, 0.6) is 5.75 Å². The second kappa shape index (κ2) is 6.62. The van der Waals surface area contributed by atoms with Crippen LogP contribution < -0.4 is 4.74 Å². The smallest absolute Gasteiger partial charge is 0.120 e. The van der Waals surface area contributed by atoms with Crippen molar-refractivity contribution in [1.82, 2.24) is 0 Å². The Labute approximate surface area is 110 Å². The fraction of sp³-hybridized carbons (Fsp3) is 0.143. The van der Waals surface area contributed by atoms with Gasteiger partial charge in [0.15, 0.2) is 0 Å². The molecule has 0 fully saturated rings. The highest BCUT2D eigenvalue weighted by molar-refractivity contribution is 8.76. The Morgan fingerprint density at radius 1 is 1.00 bits per heavy atom. The van der Waals surface area contributed by atoms with Gasteiger partial charge in [0.2, 0.25) is 0 Å². The van der Waals surface area contributed by atoms with Gasteiger partial charge in [-0.05, 0) is 23.8 Å². The average molecular weight is 262 g/mol. The van der Waals surface area contributed by atoms with Crippen molar-refractivity contribution in [3.8, 4) is 5.75 Å². The molecule has 0 atom stereocenters. The predicted octanol–water partition coefficient (Wildman–Crippen LogP) is 4.64. The molecule has 2 aromatic carbocycles. The Hall–Kier alpha value is -1.06. The Morgan fingerprint density at radius 2 is 1.82 bits per heavy atom. The standard InChI is InChI=1S/C14H14OS2/c1-15-13-8-5-9-14(10-13)17-16-11-12-6-3-2-4-7-12/h2-10H,11H2,1H3. The molecule has 0 aliphatic heterocycles. The minimum Gasteiger partial charge on any atom is -0.497 e. The zero-order valence-corrected chi connectivity index (χ0v) is 11.3. The minimum atomic E-state index is 0.912. The quantitative estimate of drug-likeness (QED) is 0.727. The van der Waals surface area contributed by atoms with E-state index in [0.29, 0.717) is 0 Å². The molecule has 0 spiro atoms. The fourth-order valence-corrected chi connectivity index (χ4v) is 3.52. The van der Waals surface area contributed by atoms with Crippen LogP contribution in [-0.4, -0.2) is 7.11 Å². The maximum absolute atomic E-state index is 5.20. The zero-order chi connectivity index (χ0) is 11.9. The monoisotopic (exact) mass is 262 g/mol. The number of rotatable bonds is 5. The molecule has 2 aromatic rings. The second-order valence-corrected chi connectivity index (χ2v) is 5.88. The van der Waals surface area contributed by atoms with E-state index in [2.05, 4.69) is 36.4 Å². The Morgan fingerprint density at radius 3 is 2.59 bits per heavy atom. The van der Waals surface area contributed by atoms with Crippen molar-refractivity contribution in [2.75, 3.05) is 7.11 Å². The number of methoxy groups -OCH3 is 1. The molecule has 0 aliphatic carbocycles. The molecule has 0 saturated carbocycles. The van der Waals surface area contributed by atoms with Gasteiger partial charge in [-0.25, -0.2) is 0 Å².